The lowest BCUT2D eigenvalue weighted by Crippen LogP contribution is -2.10. The van der Waals surface area contributed by atoms with Crippen LogP contribution in [-0.4, -0.2) is 16.1 Å². The van der Waals surface area contributed by atoms with Gasteiger partial charge in [-0.1, -0.05) is 0 Å². The van der Waals surface area contributed by atoms with E-state index in [-0.39, 0.29) is 10.1 Å². The molecule has 0 aliphatic heterocycles. The number of rotatable bonds is 3. The molecule has 0 saturated heterocycles. The monoisotopic (exact) mass is 328 g/mol. The molecule has 4 nitrogen and oxygen atoms in total. The molecule has 0 atom stereocenters. The fraction of sp³-hybridized carbons (Fsp3) is 0.250. The predicted molar refractivity (Wildman–Crippen MR) is 56.8 cm³/mol. The zero-order valence-electron chi connectivity index (χ0n) is 7.38. The van der Waals surface area contributed by atoms with Crippen LogP contribution in [0.25, 0.3) is 0 Å². The van der Waals surface area contributed by atoms with Gasteiger partial charge in [-0.05, 0) is 34.2 Å². The molecule has 1 heterocycles. The van der Waals surface area contributed by atoms with Crippen LogP contribution in [0.4, 0.5) is 8.78 Å². The van der Waals surface area contributed by atoms with E-state index in [4.69, 9.17) is 10.8 Å². The fourth-order valence-electron chi connectivity index (χ4n) is 1.01. The van der Waals surface area contributed by atoms with Crippen LogP contribution in [0.2, 0.25) is 0 Å². The average molecular weight is 328 g/mol. The zero-order chi connectivity index (χ0) is 11.6. The van der Waals surface area contributed by atoms with Crippen LogP contribution in [-0.2, 0) is 6.54 Å². The molecule has 1 aromatic heterocycles. The smallest absolute Gasteiger partial charge is 0.354 e. The molecule has 1 rings (SSSR count). The Hall–Kier alpha value is -0.830. The Morgan fingerprint density at radius 1 is 1.67 bits per heavy atom. The van der Waals surface area contributed by atoms with Crippen LogP contribution >= 0.6 is 22.6 Å². The first-order chi connectivity index (χ1) is 6.97. The highest BCUT2D eigenvalue weighted by Crippen LogP contribution is 2.25. The lowest BCUT2D eigenvalue weighted by atomic mass is 10.2. The number of aromatic carboxylic acids is 1. The molecule has 0 radical (unpaired) electrons. The molecule has 0 bridgehead atoms. The SMILES string of the molecule is NCc1cc(C(=O)O)nc(C(F)F)c1I. The highest BCUT2D eigenvalue weighted by Gasteiger charge is 2.19. The van der Waals surface area contributed by atoms with Gasteiger partial charge >= 0.3 is 5.97 Å². The van der Waals surface area contributed by atoms with Gasteiger partial charge in [0.2, 0.25) is 0 Å². The molecule has 15 heavy (non-hydrogen) atoms. The first-order valence-corrected chi connectivity index (χ1v) is 4.96. The summed E-state index contributed by atoms with van der Waals surface area (Å²) >= 11 is 1.68. The predicted octanol–water partition coefficient (Wildman–Crippen LogP) is 1.78. The Bertz CT molecular complexity index is 398. The number of carboxylic acid groups (broad SMARTS) is 1. The minimum atomic E-state index is -2.80. The summed E-state index contributed by atoms with van der Waals surface area (Å²) in [5.74, 6) is -1.34. The summed E-state index contributed by atoms with van der Waals surface area (Å²) in [5, 5.41) is 8.65. The summed E-state index contributed by atoms with van der Waals surface area (Å²) in [6.07, 6.45) is -2.80. The van der Waals surface area contributed by atoms with Crippen LogP contribution in [0.3, 0.4) is 0 Å². The molecule has 0 amide bonds. The van der Waals surface area contributed by atoms with Gasteiger partial charge in [-0.2, -0.15) is 0 Å². The van der Waals surface area contributed by atoms with Crippen LogP contribution in [0.5, 0.6) is 0 Å². The van der Waals surface area contributed by atoms with Crippen molar-refractivity contribution in [3.63, 3.8) is 0 Å². The Labute approximate surface area is 97.6 Å². The molecule has 0 unspecified atom stereocenters. The minimum Gasteiger partial charge on any atom is -0.477 e. The quantitative estimate of drug-likeness (QED) is 0.830. The number of halogens is 3. The normalized spacial score (nSPS) is 10.7. The number of hydrogen-bond acceptors (Lipinski definition) is 3. The van der Waals surface area contributed by atoms with Crippen molar-refractivity contribution in [1.29, 1.82) is 0 Å². The van der Waals surface area contributed by atoms with E-state index < -0.39 is 23.8 Å². The van der Waals surface area contributed by atoms with Crippen LogP contribution < -0.4 is 5.73 Å². The molecular weight excluding hydrogens is 321 g/mol. The van der Waals surface area contributed by atoms with Crippen molar-refractivity contribution in [3.05, 3.63) is 26.6 Å². The molecule has 82 valence electrons. The van der Waals surface area contributed by atoms with Crippen LogP contribution in [0.1, 0.15) is 28.2 Å². The fourth-order valence-corrected chi connectivity index (χ4v) is 1.74. The van der Waals surface area contributed by atoms with Crippen molar-refractivity contribution in [2.75, 3.05) is 0 Å². The van der Waals surface area contributed by atoms with Gasteiger partial charge < -0.3 is 10.8 Å². The Balaban J connectivity index is 3.38. The molecule has 0 fully saturated rings. The molecule has 0 aliphatic rings. The maximum atomic E-state index is 12.5. The number of carbonyl (C=O) groups is 1. The van der Waals surface area contributed by atoms with Crippen molar-refractivity contribution in [2.45, 2.75) is 13.0 Å². The molecule has 7 heteroatoms. The van der Waals surface area contributed by atoms with Gasteiger partial charge in [-0.25, -0.2) is 18.6 Å². The summed E-state index contributed by atoms with van der Waals surface area (Å²) < 4.78 is 25.2. The summed E-state index contributed by atoms with van der Waals surface area (Å²) in [6, 6.07) is 1.20. The van der Waals surface area contributed by atoms with Crippen LogP contribution in [0.15, 0.2) is 6.07 Å². The highest BCUT2D eigenvalue weighted by molar-refractivity contribution is 14.1. The van der Waals surface area contributed by atoms with Gasteiger partial charge in [0.15, 0.2) is 0 Å². The lowest BCUT2D eigenvalue weighted by molar-refractivity contribution is 0.0688. The molecule has 0 spiro atoms. The third-order valence-electron chi connectivity index (χ3n) is 1.70. The Kier molecular flexibility index (Phi) is 3.91. The molecule has 1 aromatic rings. The number of nitrogens with two attached hydrogens (primary N) is 1. The number of nitrogens with zero attached hydrogens (tertiary/aromatic N) is 1. The van der Waals surface area contributed by atoms with Crippen molar-refractivity contribution in [3.8, 4) is 0 Å². The van der Waals surface area contributed by atoms with Crippen molar-refractivity contribution >= 4 is 28.6 Å². The van der Waals surface area contributed by atoms with E-state index in [0.29, 0.717) is 5.56 Å². The average Bonchev–Trinajstić information content (AvgIpc) is 2.17. The molecular formula is C8H7F2IN2O2. The second-order valence-electron chi connectivity index (χ2n) is 2.68. The van der Waals surface area contributed by atoms with E-state index in [1.54, 1.807) is 22.6 Å². The largest absolute Gasteiger partial charge is 0.477 e. The van der Waals surface area contributed by atoms with E-state index in [1.807, 2.05) is 0 Å². The minimum absolute atomic E-state index is 0.000787. The Morgan fingerprint density at radius 2 is 2.27 bits per heavy atom. The molecule has 0 aromatic carbocycles. The van der Waals surface area contributed by atoms with Crippen molar-refractivity contribution in [2.24, 2.45) is 5.73 Å². The second-order valence-corrected chi connectivity index (χ2v) is 3.75. The maximum absolute atomic E-state index is 12.5. The maximum Gasteiger partial charge on any atom is 0.354 e. The number of hydrogen-bond donors (Lipinski definition) is 2. The summed E-state index contributed by atoms with van der Waals surface area (Å²) in [6.45, 7) is 0.000787. The first-order valence-electron chi connectivity index (χ1n) is 3.88. The Morgan fingerprint density at radius 3 is 2.67 bits per heavy atom. The molecule has 3 N–H and O–H groups in total. The third kappa shape index (κ3) is 2.59. The molecule has 0 saturated carbocycles. The lowest BCUT2D eigenvalue weighted by Gasteiger charge is -2.08. The number of pyridine rings is 1. The number of aromatic nitrogens is 1. The van der Waals surface area contributed by atoms with Gasteiger partial charge in [-0.3, -0.25) is 0 Å². The van der Waals surface area contributed by atoms with Gasteiger partial charge in [0.1, 0.15) is 11.4 Å². The zero-order valence-corrected chi connectivity index (χ0v) is 9.53. The second kappa shape index (κ2) is 4.79. The van der Waals surface area contributed by atoms with Crippen molar-refractivity contribution < 1.29 is 18.7 Å². The van der Waals surface area contributed by atoms with Crippen molar-refractivity contribution in [1.82, 2.24) is 4.98 Å². The van der Waals surface area contributed by atoms with Gasteiger partial charge in [0, 0.05) is 10.1 Å². The van der Waals surface area contributed by atoms with E-state index >= 15 is 0 Å². The number of carboxylic acids is 1. The van der Waals surface area contributed by atoms with Gasteiger partial charge in [-0.15, -0.1) is 0 Å². The summed E-state index contributed by atoms with van der Waals surface area (Å²) in [4.78, 5) is 14.0. The van der Waals surface area contributed by atoms with Gasteiger partial charge in [0.25, 0.3) is 6.43 Å². The van der Waals surface area contributed by atoms with Gasteiger partial charge in [0.05, 0.1) is 0 Å². The van der Waals surface area contributed by atoms with E-state index in [1.165, 1.54) is 6.07 Å². The number of alkyl halides is 2. The van der Waals surface area contributed by atoms with Crippen LogP contribution in [0, 0.1) is 3.57 Å². The topological polar surface area (TPSA) is 76.2 Å². The standard InChI is InChI=1S/C8H7F2IN2O2/c9-7(10)6-5(11)3(2-12)1-4(13-6)8(14)15/h1,7H,2,12H2,(H,14,15). The summed E-state index contributed by atoms with van der Waals surface area (Å²) in [7, 11) is 0. The third-order valence-corrected chi connectivity index (χ3v) is 2.95. The van der Waals surface area contributed by atoms with E-state index in [9.17, 15) is 13.6 Å². The van der Waals surface area contributed by atoms with E-state index in [2.05, 4.69) is 4.98 Å². The van der Waals surface area contributed by atoms with E-state index in [0.717, 1.165) is 0 Å². The first kappa shape index (κ1) is 12.2. The highest BCUT2D eigenvalue weighted by atomic mass is 127. The molecule has 0 aliphatic carbocycles. The summed E-state index contributed by atoms with van der Waals surface area (Å²) in [5.41, 5.74) is 4.74.